The first-order valence-corrected chi connectivity index (χ1v) is 5.70. The van der Waals surface area contributed by atoms with E-state index >= 15 is 0 Å². The average Bonchev–Trinajstić information content (AvgIpc) is 2.69. The zero-order valence-electron chi connectivity index (χ0n) is 10.2. The van der Waals surface area contributed by atoms with Crippen LogP contribution in [0.15, 0.2) is 12.1 Å². The van der Waals surface area contributed by atoms with Crippen LogP contribution >= 0.6 is 0 Å². The minimum absolute atomic E-state index is 0.131. The molecule has 1 unspecified atom stereocenters. The zero-order chi connectivity index (χ0) is 11.7. The fourth-order valence-corrected chi connectivity index (χ4v) is 2.36. The Bertz CT molecular complexity index is 390. The summed E-state index contributed by atoms with van der Waals surface area (Å²) in [6.45, 7) is 3.22. The lowest BCUT2D eigenvalue weighted by molar-refractivity contribution is 0.269. The highest BCUT2D eigenvalue weighted by Crippen LogP contribution is 2.39. The van der Waals surface area contributed by atoms with Crippen molar-refractivity contribution < 1.29 is 9.84 Å². The minimum Gasteiger partial charge on any atom is -0.496 e. The lowest BCUT2D eigenvalue weighted by Gasteiger charge is -2.18. The molecular weight excluding hydrogens is 202 g/mol. The molecular formula is C13H19NO2. The Morgan fingerprint density at radius 2 is 2.25 bits per heavy atom. The fraction of sp³-hybridized carbons (Fsp3) is 0.538. The second-order valence-electron chi connectivity index (χ2n) is 4.44. The van der Waals surface area contributed by atoms with Gasteiger partial charge in [0.1, 0.15) is 5.75 Å². The Labute approximate surface area is 96.6 Å². The van der Waals surface area contributed by atoms with Gasteiger partial charge in [0.25, 0.3) is 0 Å². The third-order valence-corrected chi connectivity index (χ3v) is 3.38. The molecule has 1 atom stereocenters. The van der Waals surface area contributed by atoms with Crippen molar-refractivity contribution in [1.82, 2.24) is 0 Å². The van der Waals surface area contributed by atoms with Crippen LogP contribution in [-0.4, -0.2) is 32.4 Å². The van der Waals surface area contributed by atoms with E-state index in [4.69, 9.17) is 4.74 Å². The Morgan fingerprint density at radius 3 is 2.88 bits per heavy atom. The highest BCUT2D eigenvalue weighted by molar-refractivity contribution is 5.65. The standard InChI is InChI=1S/C13H19NO2/c1-9(8-15)10-4-5-12-11(13(10)16-3)6-7-14(12)2/h4-5,9,15H,6-8H2,1-3H3. The normalized spacial score (nSPS) is 16.1. The van der Waals surface area contributed by atoms with E-state index in [2.05, 4.69) is 24.1 Å². The second kappa shape index (κ2) is 4.34. The molecule has 0 amide bonds. The summed E-state index contributed by atoms with van der Waals surface area (Å²) in [4.78, 5) is 2.24. The van der Waals surface area contributed by atoms with E-state index < -0.39 is 0 Å². The van der Waals surface area contributed by atoms with E-state index in [1.165, 1.54) is 11.3 Å². The third-order valence-electron chi connectivity index (χ3n) is 3.38. The van der Waals surface area contributed by atoms with Crippen LogP contribution < -0.4 is 9.64 Å². The van der Waals surface area contributed by atoms with E-state index in [0.717, 1.165) is 24.3 Å². The summed E-state index contributed by atoms with van der Waals surface area (Å²) in [6.07, 6.45) is 1.03. The average molecular weight is 221 g/mol. The van der Waals surface area contributed by atoms with Crippen LogP contribution in [0.3, 0.4) is 0 Å². The number of benzene rings is 1. The molecule has 2 rings (SSSR count). The van der Waals surface area contributed by atoms with Crippen molar-refractivity contribution in [3.05, 3.63) is 23.3 Å². The van der Waals surface area contributed by atoms with Gasteiger partial charge in [0.2, 0.25) is 0 Å². The predicted octanol–water partition coefficient (Wildman–Crippen LogP) is 1.78. The molecule has 0 fully saturated rings. The van der Waals surface area contributed by atoms with Crippen LogP contribution in [-0.2, 0) is 6.42 Å². The monoisotopic (exact) mass is 221 g/mol. The van der Waals surface area contributed by atoms with Gasteiger partial charge in [-0.2, -0.15) is 0 Å². The first kappa shape index (κ1) is 11.3. The van der Waals surface area contributed by atoms with Crippen LogP contribution in [0.2, 0.25) is 0 Å². The first-order valence-electron chi connectivity index (χ1n) is 5.70. The minimum atomic E-state index is 0.131. The van der Waals surface area contributed by atoms with Gasteiger partial charge >= 0.3 is 0 Å². The van der Waals surface area contributed by atoms with Crippen LogP contribution in [0.25, 0.3) is 0 Å². The first-order chi connectivity index (χ1) is 7.69. The summed E-state index contributed by atoms with van der Waals surface area (Å²) in [6, 6.07) is 4.20. The Kier molecular flexibility index (Phi) is 3.06. The molecule has 1 aromatic carbocycles. The van der Waals surface area contributed by atoms with Crippen molar-refractivity contribution in [3.63, 3.8) is 0 Å². The van der Waals surface area contributed by atoms with Gasteiger partial charge in [0.05, 0.1) is 7.11 Å². The topological polar surface area (TPSA) is 32.7 Å². The molecule has 1 heterocycles. The smallest absolute Gasteiger partial charge is 0.127 e. The van der Waals surface area contributed by atoms with E-state index in [0.29, 0.717) is 0 Å². The van der Waals surface area contributed by atoms with E-state index in [1.54, 1.807) is 7.11 Å². The molecule has 1 N–H and O–H groups in total. The number of aliphatic hydroxyl groups is 1. The van der Waals surface area contributed by atoms with Gasteiger partial charge in [-0.3, -0.25) is 0 Å². The molecule has 3 heteroatoms. The fourth-order valence-electron chi connectivity index (χ4n) is 2.36. The van der Waals surface area contributed by atoms with Gasteiger partial charge in [0, 0.05) is 37.4 Å². The Balaban J connectivity index is 2.50. The predicted molar refractivity (Wildman–Crippen MR) is 65.5 cm³/mol. The zero-order valence-corrected chi connectivity index (χ0v) is 10.2. The summed E-state index contributed by atoms with van der Waals surface area (Å²) in [5.41, 5.74) is 3.65. The van der Waals surface area contributed by atoms with Crippen LogP contribution in [0.5, 0.6) is 5.75 Å². The molecule has 1 aromatic rings. The maximum absolute atomic E-state index is 9.24. The number of fused-ring (bicyclic) bond motifs is 1. The quantitative estimate of drug-likeness (QED) is 0.844. The number of hydrogen-bond donors (Lipinski definition) is 1. The van der Waals surface area contributed by atoms with Gasteiger partial charge in [-0.15, -0.1) is 0 Å². The van der Waals surface area contributed by atoms with E-state index in [9.17, 15) is 5.11 Å². The molecule has 1 aliphatic heterocycles. The van der Waals surface area contributed by atoms with Gasteiger partial charge < -0.3 is 14.7 Å². The molecule has 0 aromatic heterocycles. The van der Waals surface area contributed by atoms with E-state index in [-0.39, 0.29) is 12.5 Å². The summed E-state index contributed by atoms with van der Waals surface area (Å²) in [5.74, 6) is 1.09. The SMILES string of the molecule is COc1c(C(C)CO)ccc2c1CCN2C. The van der Waals surface area contributed by atoms with Crippen molar-refractivity contribution >= 4 is 5.69 Å². The molecule has 0 saturated heterocycles. The molecule has 0 bridgehead atoms. The lowest BCUT2D eigenvalue weighted by Crippen LogP contribution is -2.12. The number of hydrogen-bond acceptors (Lipinski definition) is 3. The molecule has 16 heavy (non-hydrogen) atoms. The number of aliphatic hydroxyl groups excluding tert-OH is 1. The van der Waals surface area contributed by atoms with E-state index in [1.807, 2.05) is 6.92 Å². The van der Waals surface area contributed by atoms with Gasteiger partial charge in [0.15, 0.2) is 0 Å². The van der Waals surface area contributed by atoms with Crippen molar-refractivity contribution in [2.75, 3.05) is 32.2 Å². The molecule has 3 nitrogen and oxygen atoms in total. The highest BCUT2D eigenvalue weighted by Gasteiger charge is 2.23. The van der Waals surface area contributed by atoms with Crippen molar-refractivity contribution in [2.45, 2.75) is 19.3 Å². The van der Waals surface area contributed by atoms with Crippen LogP contribution in [0, 0.1) is 0 Å². The summed E-state index contributed by atoms with van der Waals surface area (Å²) < 4.78 is 5.52. The van der Waals surface area contributed by atoms with Crippen molar-refractivity contribution in [3.8, 4) is 5.75 Å². The number of rotatable bonds is 3. The number of likely N-dealkylation sites (N-methyl/N-ethyl adjacent to an activating group) is 1. The maximum Gasteiger partial charge on any atom is 0.127 e. The van der Waals surface area contributed by atoms with Crippen molar-refractivity contribution in [2.24, 2.45) is 0 Å². The van der Waals surface area contributed by atoms with Gasteiger partial charge in [-0.1, -0.05) is 13.0 Å². The second-order valence-corrected chi connectivity index (χ2v) is 4.44. The molecule has 0 saturated carbocycles. The molecule has 1 aliphatic rings. The number of ether oxygens (including phenoxy) is 1. The molecule has 0 aliphatic carbocycles. The molecule has 0 spiro atoms. The van der Waals surface area contributed by atoms with Crippen molar-refractivity contribution in [1.29, 1.82) is 0 Å². The number of anilines is 1. The van der Waals surface area contributed by atoms with Gasteiger partial charge in [-0.05, 0) is 18.1 Å². The van der Waals surface area contributed by atoms with Crippen LogP contribution in [0.1, 0.15) is 24.0 Å². The maximum atomic E-state index is 9.24. The third kappa shape index (κ3) is 1.65. The number of methoxy groups -OCH3 is 1. The van der Waals surface area contributed by atoms with Gasteiger partial charge in [-0.25, -0.2) is 0 Å². The Hall–Kier alpha value is -1.22. The van der Waals surface area contributed by atoms with Crippen LogP contribution in [0.4, 0.5) is 5.69 Å². The number of nitrogens with zero attached hydrogens (tertiary/aromatic N) is 1. The molecule has 0 radical (unpaired) electrons. The largest absolute Gasteiger partial charge is 0.496 e. The molecule has 88 valence electrons. The Morgan fingerprint density at radius 1 is 1.50 bits per heavy atom. The summed E-state index contributed by atoms with van der Waals surface area (Å²) >= 11 is 0. The highest BCUT2D eigenvalue weighted by atomic mass is 16.5. The lowest BCUT2D eigenvalue weighted by atomic mass is 9.97. The summed E-state index contributed by atoms with van der Waals surface area (Å²) in [7, 11) is 3.81. The summed E-state index contributed by atoms with van der Waals surface area (Å²) in [5, 5.41) is 9.24.